The number of hydrogen-bond donors (Lipinski definition) is 0. The lowest BCUT2D eigenvalue weighted by Crippen LogP contribution is -2.32. The topological polar surface area (TPSA) is 3.24 Å². The fourth-order valence-corrected chi connectivity index (χ4v) is 7.33. The first-order valence-corrected chi connectivity index (χ1v) is 9.54. The predicted molar refractivity (Wildman–Crippen MR) is 105 cm³/mol. The van der Waals surface area contributed by atoms with Crippen LogP contribution in [0.4, 0.5) is 5.69 Å². The lowest BCUT2D eigenvalue weighted by atomic mass is 10.1. The van der Waals surface area contributed by atoms with Crippen molar-refractivity contribution in [1.82, 2.24) is 0 Å². The van der Waals surface area contributed by atoms with Gasteiger partial charge in [0.25, 0.3) is 0 Å². The van der Waals surface area contributed by atoms with Crippen molar-refractivity contribution in [1.29, 1.82) is 0 Å². The number of anilines is 1. The van der Waals surface area contributed by atoms with E-state index >= 15 is 0 Å². The van der Waals surface area contributed by atoms with Crippen molar-refractivity contribution < 1.29 is 0 Å². The quantitative estimate of drug-likeness (QED) is 0.517. The minimum atomic E-state index is -0.259. The van der Waals surface area contributed by atoms with Crippen LogP contribution in [0.5, 0.6) is 0 Å². The van der Waals surface area contributed by atoms with Gasteiger partial charge in [0.05, 0.1) is 0 Å². The SMILES string of the molecule is CC=CCc1cc(N(C)C)ccc1P(C(C)(C)C)C(C)(C)C. The summed E-state index contributed by atoms with van der Waals surface area (Å²) in [6.45, 7) is 16.5. The number of allylic oxidation sites excluding steroid dienone is 2. The molecular weight excluding hydrogens is 285 g/mol. The van der Waals surface area contributed by atoms with Gasteiger partial charge >= 0.3 is 0 Å². The molecule has 0 spiro atoms. The molecule has 0 heterocycles. The molecule has 0 aliphatic rings. The second-order valence-corrected chi connectivity index (χ2v) is 12.0. The van der Waals surface area contributed by atoms with Crippen LogP contribution in [0.2, 0.25) is 0 Å². The smallest absolute Gasteiger partial charge is 0.0364 e. The Morgan fingerprint density at radius 2 is 1.55 bits per heavy atom. The molecule has 1 aromatic carbocycles. The largest absolute Gasteiger partial charge is 0.378 e. The molecule has 1 nitrogen and oxygen atoms in total. The molecule has 0 atom stereocenters. The van der Waals surface area contributed by atoms with Crippen LogP contribution < -0.4 is 10.2 Å². The van der Waals surface area contributed by atoms with Gasteiger partial charge in [0.1, 0.15) is 0 Å². The van der Waals surface area contributed by atoms with Crippen LogP contribution in [0.1, 0.15) is 54.0 Å². The van der Waals surface area contributed by atoms with Crippen molar-refractivity contribution in [3.05, 3.63) is 35.9 Å². The highest BCUT2D eigenvalue weighted by Crippen LogP contribution is 2.58. The van der Waals surface area contributed by atoms with E-state index in [4.69, 9.17) is 0 Å². The minimum Gasteiger partial charge on any atom is -0.378 e. The molecule has 0 amide bonds. The normalized spacial score (nSPS) is 13.2. The van der Waals surface area contributed by atoms with Gasteiger partial charge < -0.3 is 4.90 Å². The number of benzene rings is 1. The standard InChI is InChI=1S/C20H34NP/c1-10-11-12-16-15-17(21(8)9)13-14-18(16)22(19(2,3)4)20(5,6)7/h10-11,13-15H,12H2,1-9H3. The van der Waals surface area contributed by atoms with Crippen LogP contribution in [0, 0.1) is 0 Å². The molecule has 0 aliphatic carbocycles. The van der Waals surface area contributed by atoms with Gasteiger partial charge in [-0.2, -0.15) is 0 Å². The van der Waals surface area contributed by atoms with E-state index in [-0.39, 0.29) is 7.92 Å². The molecule has 0 saturated heterocycles. The summed E-state index contributed by atoms with van der Waals surface area (Å²) in [4.78, 5) is 2.19. The van der Waals surface area contributed by atoms with E-state index in [1.807, 2.05) is 0 Å². The molecule has 0 aliphatic heterocycles. The third-order valence-electron chi connectivity index (χ3n) is 3.74. The zero-order chi connectivity index (χ0) is 17.1. The maximum atomic E-state index is 2.39. The third-order valence-corrected chi connectivity index (χ3v) is 7.34. The Balaban J connectivity index is 3.48. The van der Waals surface area contributed by atoms with Gasteiger partial charge in [-0.15, -0.1) is 0 Å². The zero-order valence-electron chi connectivity index (χ0n) is 16.0. The molecular formula is C20H34NP. The average molecular weight is 319 g/mol. The third kappa shape index (κ3) is 4.85. The fraction of sp³-hybridized carbons (Fsp3) is 0.600. The van der Waals surface area contributed by atoms with Crippen LogP contribution in [0.15, 0.2) is 30.4 Å². The van der Waals surface area contributed by atoms with E-state index in [9.17, 15) is 0 Å². The van der Waals surface area contributed by atoms with E-state index in [1.54, 1.807) is 5.30 Å². The Kier molecular flexibility index (Phi) is 6.27. The highest BCUT2D eigenvalue weighted by molar-refractivity contribution is 7.68. The van der Waals surface area contributed by atoms with E-state index in [2.05, 4.69) is 97.8 Å². The maximum Gasteiger partial charge on any atom is 0.0364 e. The Labute approximate surface area is 139 Å². The molecule has 22 heavy (non-hydrogen) atoms. The summed E-state index contributed by atoms with van der Waals surface area (Å²) in [6.07, 6.45) is 5.46. The summed E-state index contributed by atoms with van der Waals surface area (Å²) in [6, 6.07) is 7.04. The Bertz CT molecular complexity index is 501. The van der Waals surface area contributed by atoms with Crippen LogP contribution in [0.25, 0.3) is 0 Å². The average Bonchev–Trinajstić information content (AvgIpc) is 2.33. The molecule has 124 valence electrons. The highest BCUT2D eigenvalue weighted by Gasteiger charge is 2.36. The molecule has 0 radical (unpaired) electrons. The second-order valence-electron chi connectivity index (χ2n) is 8.16. The van der Waals surface area contributed by atoms with E-state index < -0.39 is 0 Å². The second kappa shape index (κ2) is 7.18. The number of rotatable bonds is 4. The molecule has 0 unspecified atom stereocenters. The Morgan fingerprint density at radius 1 is 1.00 bits per heavy atom. The van der Waals surface area contributed by atoms with Crippen LogP contribution >= 0.6 is 7.92 Å². The van der Waals surface area contributed by atoms with E-state index in [0.29, 0.717) is 10.3 Å². The van der Waals surface area contributed by atoms with Gasteiger partial charge in [-0.1, -0.05) is 67.7 Å². The maximum absolute atomic E-state index is 2.39. The van der Waals surface area contributed by atoms with Crippen LogP contribution in [-0.2, 0) is 6.42 Å². The summed E-state index contributed by atoms with van der Waals surface area (Å²) >= 11 is 0. The molecule has 1 aromatic rings. The van der Waals surface area contributed by atoms with Gasteiger partial charge in [-0.25, -0.2) is 0 Å². The van der Waals surface area contributed by atoms with Crippen molar-refractivity contribution >= 4 is 18.9 Å². The van der Waals surface area contributed by atoms with Gasteiger partial charge in [0.15, 0.2) is 0 Å². The Morgan fingerprint density at radius 3 is 1.95 bits per heavy atom. The monoisotopic (exact) mass is 319 g/mol. The van der Waals surface area contributed by atoms with E-state index in [0.717, 1.165) is 6.42 Å². The first-order chi connectivity index (χ1) is 9.98. The highest BCUT2D eigenvalue weighted by atomic mass is 31.1. The molecule has 0 N–H and O–H groups in total. The molecule has 0 saturated carbocycles. The first-order valence-electron chi connectivity index (χ1n) is 8.20. The van der Waals surface area contributed by atoms with E-state index in [1.165, 1.54) is 11.3 Å². The van der Waals surface area contributed by atoms with Crippen molar-refractivity contribution in [2.45, 2.75) is 65.2 Å². The van der Waals surface area contributed by atoms with Crippen molar-refractivity contribution in [2.75, 3.05) is 19.0 Å². The summed E-state index contributed by atoms with van der Waals surface area (Å²) in [5.74, 6) is 0. The van der Waals surface area contributed by atoms with Crippen molar-refractivity contribution in [2.24, 2.45) is 0 Å². The number of hydrogen-bond acceptors (Lipinski definition) is 1. The van der Waals surface area contributed by atoms with Crippen molar-refractivity contribution in [3.8, 4) is 0 Å². The summed E-state index contributed by atoms with van der Waals surface area (Å²) in [5.41, 5.74) is 2.78. The lowest BCUT2D eigenvalue weighted by molar-refractivity contribution is 0.714. The van der Waals surface area contributed by atoms with Crippen LogP contribution in [0.3, 0.4) is 0 Å². The molecule has 0 fully saturated rings. The molecule has 1 rings (SSSR count). The molecule has 0 bridgehead atoms. The van der Waals surface area contributed by atoms with Crippen LogP contribution in [-0.4, -0.2) is 24.4 Å². The summed E-state index contributed by atoms with van der Waals surface area (Å²) in [5, 5.41) is 2.18. The Hall–Kier alpha value is -0.810. The van der Waals surface area contributed by atoms with Gasteiger partial charge in [-0.05, 0) is 46.7 Å². The summed E-state index contributed by atoms with van der Waals surface area (Å²) in [7, 11) is 3.97. The number of nitrogens with zero attached hydrogens (tertiary/aromatic N) is 1. The van der Waals surface area contributed by atoms with Gasteiger partial charge in [-0.3, -0.25) is 0 Å². The summed E-state index contributed by atoms with van der Waals surface area (Å²) < 4.78 is 0. The van der Waals surface area contributed by atoms with Crippen molar-refractivity contribution in [3.63, 3.8) is 0 Å². The molecule has 0 aromatic heterocycles. The molecule has 2 heteroatoms. The zero-order valence-corrected chi connectivity index (χ0v) is 16.9. The minimum absolute atomic E-state index is 0.259. The predicted octanol–water partition coefficient (Wildman–Crippen LogP) is 5.58. The lowest BCUT2D eigenvalue weighted by Gasteiger charge is -2.43. The fourth-order valence-electron chi connectivity index (χ4n) is 3.21. The van der Waals surface area contributed by atoms with Gasteiger partial charge in [0.2, 0.25) is 0 Å². The first kappa shape index (κ1) is 19.2. The van der Waals surface area contributed by atoms with Gasteiger partial charge in [0, 0.05) is 19.8 Å².